The normalized spacial score (nSPS) is 10.3. The number of esters is 1. The Hall–Kier alpha value is -2.70. The molecule has 2 aromatic rings. The molecule has 0 heterocycles. The number of para-hydroxylation sites is 1. The molecular weight excluding hydrogens is 285 g/mol. The van der Waals surface area contributed by atoms with Gasteiger partial charge in [-0.25, -0.2) is 18.0 Å². The fourth-order valence-corrected chi connectivity index (χ4v) is 1.75. The monoisotopic (exact) mass is 296 g/mol. The van der Waals surface area contributed by atoms with Crippen molar-refractivity contribution in [3.63, 3.8) is 0 Å². The standard InChI is InChI=1S/C14H11F3N2O2/c1-21-14(20)8-3-2-4-11(13(8)18)19-7-5-9(15)12(17)10(16)6-7/h2-6,19H,18H2,1H3. The van der Waals surface area contributed by atoms with E-state index in [9.17, 15) is 18.0 Å². The Balaban J connectivity index is 2.38. The number of anilines is 3. The number of halogens is 3. The first-order valence-electron chi connectivity index (χ1n) is 5.82. The van der Waals surface area contributed by atoms with Crippen molar-refractivity contribution in [1.82, 2.24) is 0 Å². The minimum absolute atomic E-state index is 0.0416. The Morgan fingerprint density at radius 1 is 1.19 bits per heavy atom. The zero-order valence-corrected chi connectivity index (χ0v) is 10.9. The van der Waals surface area contributed by atoms with E-state index in [4.69, 9.17) is 5.73 Å². The third-order valence-corrected chi connectivity index (χ3v) is 2.77. The van der Waals surface area contributed by atoms with Crippen LogP contribution in [0.3, 0.4) is 0 Å². The molecule has 0 aliphatic heterocycles. The zero-order chi connectivity index (χ0) is 15.6. The average molecular weight is 296 g/mol. The van der Waals surface area contributed by atoms with Gasteiger partial charge >= 0.3 is 5.97 Å². The summed E-state index contributed by atoms with van der Waals surface area (Å²) in [6.45, 7) is 0. The predicted molar refractivity (Wildman–Crippen MR) is 71.8 cm³/mol. The van der Waals surface area contributed by atoms with Crippen molar-refractivity contribution in [1.29, 1.82) is 0 Å². The second kappa shape index (κ2) is 5.74. The van der Waals surface area contributed by atoms with E-state index in [1.165, 1.54) is 25.3 Å². The second-order valence-corrected chi connectivity index (χ2v) is 4.14. The van der Waals surface area contributed by atoms with Gasteiger partial charge in [-0.05, 0) is 12.1 Å². The van der Waals surface area contributed by atoms with E-state index in [1.54, 1.807) is 0 Å². The Bertz CT molecular complexity index is 682. The van der Waals surface area contributed by atoms with Crippen LogP contribution in [0.4, 0.5) is 30.2 Å². The molecule has 21 heavy (non-hydrogen) atoms. The van der Waals surface area contributed by atoms with Gasteiger partial charge in [-0.2, -0.15) is 0 Å². The number of hydrogen-bond donors (Lipinski definition) is 2. The number of ether oxygens (including phenoxy) is 1. The van der Waals surface area contributed by atoms with Gasteiger partial charge in [0.15, 0.2) is 17.5 Å². The molecule has 7 heteroatoms. The van der Waals surface area contributed by atoms with Gasteiger partial charge in [-0.3, -0.25) is 0 Å². The highest BCUT2D eigenvalue weighted by Crippen LogP contribution is 2.28. The van der Waals surface area contributed by atoms with E-state index in [1.807, 2.05) is 0 Å². The minimum Gasteiger partial charge on any atom is -0.465 e. The van der Waals surface area contributed by atoms with Gasteiger partial charge in [0, 0.05) is 17.8 Å². The summed E-state index contributed by atoms with van der Waals surface area (Å²) >= 11 is 0. The van der Waals surface area contributed by atoms with Crippen molar-refractivity contribution in [3.8, 4) is 0 Å². The molecular formula is C14H11F3N2O2. The fraction of sp³-hybridized carbons (Fsp3) is 0.0714. The van der Waals surface area contributed by atoms with Crippen LogP contribution < -0.4 is 11.1 Å². The molecule has 4 nitrogen and oxygen atoms in total. The molecule has 2 aromatic carbocycles. The summed E-state index contributed by atoms with van der Waals surface area (Å²) in [5.74, 6) is -4.87. The lowest BCUT2D eigenvalue weighted by atomic mass is 10.1. The first-order chi connectivity index (χ1) is 9.93. The van der Waals surface area contributed by atoms with Gasteiger partial charge < -0.3 is 15.8 Å². The summed E-state index contributed by atoms with van der Waals surface area (Å²) < 4.78 is 43.7. The Morgan fingerprint density at radius 3 is 2.38 bits per heavy atom. The van der Waals surface area contributed by atoms with Gasteiger partial charge in [0.1, 0.15) is 0 Å². The Morgan fingerprint density at radius 2 is 1.81 bits per heavy atom. The number of nitrogens with one attached hydrogen (secondary N) is 1. The number of methoxy groups -OCH3 is 1. The lowest BCUT2D eigenvalue weighted by molar-refractivity contribution is 0.0602. The summed E-state index contributed by atoms with van der Waals surface area (Å²) in [5, 5.41) is 2.62. The van der Waals surface area contributed by atoms with Crippen LogP contribution in [0.2, 0.25) is 0 Å². The number of carbonyl (C=O) groups excluding carboxylic acids is 1. The maximum Gasteiger partial charge on any atom is 0.340 e. The van der Waals surface area contributed by atoms with Crippen LogP contribution in [-0.2, 0) is 4.74 Å². The summed E-state index contributed by atoms with van der Waals surface area (Å²) in [6, 6.07) is 6.02. The first-order valence-corrected chi connectivity index (χ1v) is 5.82. The molecule has 0 saturated carbocycles. The van der Waals surface area contributed by atoms with Crippen molar-refractivity contribution in [2.75, 3.05) is 18.2 Å². The zero-order valence-electron chi connectivity index (χ0n) is 10.9. The molecule has 0 atom stereocenters. The number of benzene rings is 2. The van der Waals surface area contributed by atoms with Crippen LogP contribution in [0, 0.1) is 17.5 Å². The molecule has 0 aliphatic carbocycles. The van der Waals surface area contributed by atoms with Crippen LogP contribution in [-0.4, -0.2) is 13.1 Å². The smallest absolute Gasteiger partial charge is 0.340 e. The molecule has 0 amide bonds. The first kappa shape index (κ1) is 14.7. The van der Waals surface area contributed by atoms with Crippen LogP contribution in [0.1, 0.15) is 10.4 Å². The SMILES string of the molecule is COC(=O)c1cccc(Nc2cc(F)c(F)c(F)c2)c1N. The number of carbonyl (C=O) groups is 1. The molecule has 0 spiro atoms. The number of hydrogen-bond acceptors (Lipinski definition) is 4. The van der Waals surface area contributed by atoms with Crippen molar-refractivity contribution in [3.05, 3.63) is 53.3 Å². The molecule has 2 rings (SSSR count). The highest BCUT2D eigenvalue weighted by molar-refractivity contribution is 5.98. The maximum atomic E-state index is 13.1. The van der Waals surface area contributed by atoms with Crippen molar-refractivity contribution < 1.29 is 22.7 Å². The third-order valence-electron chi connectivity index (χ3n) is 2.77. The van der Waals surface area contributed by atoms with E-state index >= 15 is 0 Å². The largest absolute Gasteiger partial charge is 0.465 e. The molecule has 3 N–H and O–H groups in total. The number of nitrogens with two attached hydrogens (primary N) is 1. The van der Waals surface area contributed by atoms with E-state index in [0.29, 0.717) is 0 Å². The van der Waals surface area contributed by atoms with Crippen LogP contribution in [0.15, 0.2) is 30.3 Å². The van der Waals surface area contributed by atoms with Crippen LogP contribution >= 0.6 is 0 Å². The fourth-order valence-electron chi connectivity index (χ4n) is 1.75. The Labute approximate surface area is 118 Å². The average Bonchev–Trinajstić information content (AvgIpc) is 2.46. The predicted octanol–water partition coefficient (Wildman–Crippen LogP) is 3.22. The summed E-state index contributed by atoms with van der Waals surface area (Å²) in [6.07, 6.45) is 0. The third kappa shape index (κ3) is 2.91. The van der Waals surface area contributed by atoms with Gasteiger partial charge in [-0.15, -0.1) is 0 Å². The lowest BCUT2D eigenvalue weighted by Gasteiger charge is -2.12. The van der Waals surface area contributed by atoms with Gasteiger partial charge in [0.2, 0.25) is 0 Å². The number of nitrogen functional groups attached to an aromatic ring is 1. The van der Waals surface area contributed by atoms with E-state index in [0.717, 1.165) is 12.1 Å². The maximum absolute atomic E-state index is 13.1. The molecule has 0 aromatic heterocycles. The van der Waals surface area contributed by atoms with Crippen molar-refractivity contribution >= 4 is 23.0 Å². The topological polar surface area (TPSA) is 64.3 Å². The summed E-state index contributed by atoms with van der Waals surface area (Å²) in [7, 11) is 1.20. The van der Waals surface area contributed by atoms with E-state index in [2.05, 4.69) is 10.1 Å². The molecule has 0 aliphatic rings. The molecule has 0 fully saturated rings. The van der Waals surface area contributed by atoms with E-state index < -0.39 is 23.4 Å². The number of rotatable bonds is 3. The molecule has 0 unspecified atom stereocenters. The molecule has 0 saturated heterocycles. The quantitative estimate of drug-likeness (QED) is 0.518. The van der Waals surface area contributed by atoms with Crippen LogP contribution in [0.25, 0.3) is 0 Å². The molecule has 0 bridgehead atoms. The van der Waals surface area contributed by atoms with Crippen molar-refractivity contribution in [2.45, 2.75) is 0 Å². The van der Waals surface area contributed by atoms with Gasteiger partial charge in [-0.1, -0.05) is 6.07 Å². The summed E-state index contributed by atoms with van der Waals surface area (Å²) in [4.78, 5) is 11.5. The van der Waals surface area contributed by atoms with Gasteiger partial charge in [0.05, 0.1) is 24.0 Å². The van der Waals surface area contributed by atoms with Gasteiger partial charge in [0.25, 0.3) is 0 Å². The van der Waals surface area contributed by atoms with Crippen LogP contribution in [0.5, 0.6) is 0 Å². The molecule has 0 radical (unpaired) electrons. The minimum atomic E-state index is -1.56. The molecule has 110 valence electrons. The highest BCUT2D eigenvalue weighted by atomic mass is 19.2. The highest BCUT2D eigenvalue weighted by Gasteiger charge is 2.15. The summed E-state index contributed by atoms with van der Waals surface area (Å²) in [5.41, 5.74) is 6.14. The second-order valence-electron chi connectivity index (χ2n) is 4.14. The van der Waals surface area contributed by atoms with E-state index in [-0.39, 0.29) is 22.6 Å². The Kier molecular flexibility index (Phi) is 4.02. The van der Waals surface area contributed by atoms with Crippen molar-refractivity contribution in [2.24, 2.45) is 0 Å². The lowest BCUT2D eigenvalue weighted by Crippen LogP contribution is -2.08.